The van der Waals surface area contributed by atoms with Crippen molar-refractivity contribution < 1.29 is 28.2 Å². The fraction of sp³-hybridized carbons (Fsp3) is 0.643. The number of halogens is 2. The maximum absolute atomic E-state index is 14.3. The summed E-state index contributed by atoms with van der Waals surface area (Å²) < 4.78 is 39.4. The minimum atomic E-state index is -3.79. The highest BCUT2D eigenvalue weighted by molar-refractivity contribution is 5.71. The van der Waals surface area contributed by atoms with E-state index in [4.69, 9.17) is 15.2 Å². The molecular formula is C14H19F2N3O5. The number of nitrogen functional groups attached to an aromatic ring is 1. The number of rotatable bonds is 4. The van der Waals surface area contributed by atoms with Crippen molar-refractivity contribution in [1.82, 2.24) is 9.55 Å². The first-order valence-electron chi connectivity index (χ1n) is 7.32. The van der Waals surface area contributed by atoms with Gasteiger partial charge in [0.25, 0.3) is 0 Å². The highest BCUT2D eigenvalue weighted by Crippen LogP contribution is 2.43. The van der Waals surface area contributed by atoms with E-state index < -0.39 is 48.0 Å². The first-order chi connectivity index (χ1) is 11.1. The molecule has 0 unspecified atom stereocenters. The van der Waals surface area contributed by atoms with Gasteiger partial charge in [-0.3, -0.25) is 9.36 Å². The minimum absolute atomic E-state index is 0.131. The Kier molecular flexibility index (Phi) is 4.90. The summed E-state index contributed by atoms with van der Waals surface area (Å²) in [4.78, 5) is 26.7. The largest absolute Gasteiger partial charge is 0.460 e. The third-order valence-electron chi connectivity index (χ3n) is 3.66. The number of aliphatic hydroxyl groups is 1. The summed E-state index contributed by atoms with van der Waals surface area (Å²) >= 11 is 0. The number of hydrogen-bond donors (Lipinski definition) is 2. The van der Waals surface area contributed by atoms with Gasteiger partial charge in [0, 0.05) is 6.20 Å². The van der Waals surface area contributed by atoms with Gasteiger partial charge in [-0.15, -0.1) is 0 Å². The van der Waals surface area contributed by atoms with Gasteiger partial charge in [0.1, 0.15) is 18.0 Å². The number of nitrogens with zero attached hydrogens (tertiary/aromatic N) is 2. The topological polar surface area (TPSA) is 117 Å². The van der Waals surface area contributed by atoms with Gasteiger partial charge in [-0.05, 0) is 13.0 Å². The quantitative estimate of drug-likeness (QED) is 0.753. The number of nitrogens with two attached hydrogens (primary N) is 1. The summed E-state index contributed by atoms with van der Waals surface area (Å²) in [7, 11) is 0. The number of hydrogen-bond acceptors (Lipinski definition) is 7. The van der Waals surface area contributed by atoms with E-state index in [0.717, 1.165) is 12.3 Å². The Bertz CT molecular complexity index is 679. The zero-order valence-electron chi connectivity index (χ0n) is 13.3. The molecule has 1 aliphatic heterocycles. The van der Waals surface area contributed by atoms with Gasteiger partial charge < -0.3 is 20.3 Å². The van der Waals surface area contributed by atoms with Gasteiger partial charge in [-0.25, -0.2) is 4.79 Å². The predicted octanol–water partition coefficient (Wildman–Crippen LogP) is 0.307. The summed E-state index contributed by atoms with van der Waals surface area (Å²) in [5.41, 5.74) is 4.28. The van der Waals surface area contributed by atoms with Crippen molar-refractivity contribution in [3.8, 4) is 0 Å². The average molecular weight is 347 g/mol. The molecule has 0 aromatic carbocycles. The number of ether oxygens (including phenoxy) is 2. The van der Waals surface area contributed by atoms with E-state index >= 15 is 0 Å². The van der Waals surface area contributed by atoms with E-state index in [1.165, 1.54) is 6.92 Å². The first kappa shape index (κ1) is 18.3. The van der Waals surface area contributed by atoms with Gasteiger partial charge in [-0.2, -0.15) is 13.8 Å². The summed E-state index contributed by atoms with van der Waals surface area (Å²) in [6, 6.07) is 1.16. The molecule has 1 saturated heterocycles. The van der Waals surface area contributed by atoms with Crippen molar-refractivity contribution in [2.24, 2.45) is 5.92 Å². The summed E-state index contributed by atoms with van der Waals surface area (Å²) in [6.45, 7) is 4.49. The Labute approximate surface area is 136 Å². The van der Waals surface area contributed by atoms with E-state index in [2.05, 4.69) is 4.98 Å². The zero-order valence-corrected chi connectivity index (χ0v) is 13.3. The molecule has 0 amide bonds. The molecule has 4 atom stereocenters. The third kappa shape index (κ3) is 3.24. The van der Waals surface area contributed by atoms with Crippen LogP contribution in [0.25, 0.3) is 0 Å². The number of anilines is 1. The number of aromatic nitrogens is 2. The molecule has 24 heavy (non-hydrogen) atoms. The first-order valence-corrected chi connectivity index (χ1v) is 7.32. The van der Waals surface area contributed by atoms with Crippen LogP contribution in [0.4, 0.5) is 14.6 Å². The molecule has 134 valence electrons. The van der Waals surface area contributed by atoms with Crippen LogP contribution in [-0.4, -0.2) is 44.9 Å². The Balaban J connectivity index is 2.27. The van der Waals surface area contributed by atoms with Crippen molar-refractivity contribution in [3.63, 3.8) is 0 Å². The molecule has 2 rings (SSSR count). The third-order valence-corrected chi connectivity index (χ3v) is 3.66. The number of esters is 1. The van der Waals surface area contributed by atoms with E-state index in [9.17, 15) is 23.5 Å². The lowest BCUT2D eigenvalue weighted by Crippen LogP contribution is -2.44. The van der Waals surface area contributed by atoms with Crippen LogP contribution in [0.3, 0.4) is 0 Å². The number of aliphatic hydroxyl groups excluding tert-OH is 1. The van der Waals surface area contributed by atoms with Crippen LogP contribution in [0, 0.1) is 5.92 Å². The smallest absolute Gasteiger partial charge is 0.351 e. The van der Waals surface area contributed by atoms with E-state index in [1.807, 2.05) is 0 Å². The monoisotopic (exact) mass is 347 g/mol. The lowest BCUT2D eigenvalue weighted by molar-refractivity contribution is -0.164. The second-order valence-electron chi connectivity index (χ2n) is 5.91. The number of carbonyl (C=O) groups is 1. The highest BCUT2D eigenvalue weighted by atomic mass is 19.3. The fourth-order valence-electron chi connectivity index (χ4n) is 2.29. The molecule has 3 N–H and O–H groups in total. The molecule has 1 fully saturated rings. The van der Waals surface area contributed by atoms with Crippen molar-refractivity contribution in [3.05, 3.63) is 22.7 Å². The number of alkyl halides is 2. The summed E-state index contributed by atoms with van der Waals surface area (Å²) in [6.07, 6.45) is -5.98. The predicted molar refractivity (Wildman–Crippen MR) is 78.2 cm³/mol. The van der Waals surface area contributed by atoms with Crippen LogP contribution in [0.1, 0.15) is 27.0 Å². The Morgan fingerprint density at radius 3 is 2.67 bits per heavy atom. The minimum Gasteiger partial charge on any atom is -0.460 e. The summed E-state index contributed by atoms with van der Waals surface area (Å²) in [5.74, 6) is -5.00. The second-order valence-corrected chi connectivity index (χ2v) is 5.91. The van der Waals surface area contributed by atoms with Crippen LogP contribution >= 0.6 is 0 Å². The number of carbonyl (C=O) groups excluding carboxylic acids is 1. The maximum atomic E-state index is 14.3. The van der Waals surface area contributed by atoms with Crippen molar-refractivity contribution in [2.75, 3.05) is 5.73 Å². The van der Waals surface area contributed by atoms with E-state index in [-0.39, 0.29) is 5.82 Å². The van der Waals surface area contributed by atoms with Gasteiger partial charge in [0.05, 0.1) is 5.92 Å². The Hall–Kier alpha value is -2.07. The molecule has 1 aromatic heterocycles. The van der Waals surface area contributed by atoms with Gasteiger partial charge >= 0.3 is 17.6 Å². The molecule has 0 saturated carbocycles. The SMILES string of the molecule is CC(C)C(=O)O[C@@H](C)[C@H]1O[C@@H](n2ccc(N)nc2=O)C(F)(F)[C@@H]1O. The van der Waals surface area contributed by atoms with Gasteiger partial charge in [-0.1, -0.05) is 13.8 Å². The van der Waals surface area contributed by atoms with Crippen LogP contribution in [0.5, 0.6) is 0 Å². The molecule has 0 bridgehead atoms. The van der Waals surface area contributed by atoms with Crippen LogP contribution in [0.2, 0.25) is 0 Å². The molecular weight excluding hydrogens is 328 g/mol. The van der Waals surface area contributed by atoms with E-state index in [1.54, 1.807) is 13.8 Å². The zero-order chi connectivity index (χ0) is 18.2. The standard InChI is InChI=1S/C14H19F2N3O5/c1-6(2)11(21)23-7(3)9-10(20)14(15,16)12(24-9)19-5-4-8(17)18-13(19)22/h4-7,9-10,12,20H,1-3H3,(H2,17,18,22)/t7-,9+,10+,12+/m0/s1. The molecule has 0 aliphatic carbocycles. The fourth-order valence-corrected chi connectivity index (χ4v) is 2.29. The molecule has 8 nitrogen and oxygen atoms in total. The Morgan fingerprint density at radius 1 is 1.50 bits per heavy atom. The molecule has 0 radical (unpaired) electrons. The lowest BCUT2D eigenvalue weighted by Gasteiger charge is -2.23. The molecule has 2 heterocycles. The van der Waals surface area contributed by atoms with Crippen molar-refractivity contribution in [2.45, 2.75) is 51.2 Å². The molecule has 0 spiro atoms. The molecule has 1 aliphatic rings. The van der Waals surface area contributed by atoms with E-state index in [0.29, 0.717) is 4.57 Å². The molecule has 10 heteroatoms. The van der Waals surface area contributed by atoms with Gasteiger partial charge in [0.2, 0.25) is 6.23 Å². The van der Waals surface area contributed by atoms with Crippen molar-refractivity contribution >= 4 is 11.8 Å². The molecule has 1 aromatic rings. The highest BCUT2D eigenvalue weighted by Gasteiger charge is 2.61. The normalized spacial score (nSPS) is 27.2. The van der Waals surface area contributed by atoms with Gasteiger partial charge in [0.15, 0.2) is 6.10 Å². The van der Waals surface area contributed by atoms with Crippen molar-refractivity contribution in [1.29, 1.82) is 0 Å². The van der Waals surface area contributed by atoms with Crippen LogP contribution < -0.4 is 11.4 Å². The average Bonchev–Trinajstić information content (AvgIpc) is 2.70. The van der Waals surface area contributed by atoms with Crippen LogP contribution in [0.15, 0.2) is 17.1 Å². The lowest BCUT2D eigenvalue weighted by atomic mass is 10.1. The van der Waals surface area contributed by atoms with Crippen LogP contribution in [-0.2, 0) is 14.3 Å². The Morgan fingerprint density at radius 2 is 2.12 bits per heavy atom. The maximum Gasteiger partial charge on any atom is 0.351 e. The summed E-state index contributed by atoms with van der Waals surface area (Å²) in [5, 5.41) is 9.89. The second kappa shape index (κ2) is 6.44.